The van der Waals surface area contributed by atoms with E-state index in [1.54, 1.807) is 30.3 Å². The van der Waals surface area contributed by atoms with E-state index < -0.39 is 28.5 Å². The van der Waals surface area contributed by atoms with Gasteiger partial charge in [0.05, 0.1) is 10.6 Å². The van der Waals surface area contributed by atoms with Gasteiger partial charge in [0.2, 0.25) is 11.8 Å². The number of amides is 2. The van der Waals surface area contributed by atoms with Gasteiger partial charge in [-0.25, -0.2) is 8.42 Å². The van der Waals surface area contributed by atoms with E-state index >= 15 is 0 Å². The average Bonchev–Trinajstić information content (AvgIpc) is 2.93. The molecule has 1 N–H and O–H groups in total. The first-order valence-corrected chi connectivity index (χ1v) is 14.8. The number of nitrogens with zero attached hydrogens (tertiary/aromatic N) is 2. The summed E-state index contributed by atoms with van der Waals surface area (Å²) in [4.78, 5) is 29.0. The van der Waals surface area contributed by atoms with Gasteiger partial charge in [0, 0.05) is 12.6 Å². The zero-order valence-electron chi connectivity index (χ0n) is 23.4. The van der Waals surface area contributed by atoms with Crippen LogP contribution in [0.4, 0.5) is 5.69 Å². The van der Waals surface area contributed by atoms with Crippen molar-refractivity contribution in [2.24, 2.45) is 0 Å². The summed E-state index contributed by atoms with van der Waals surface area (Å²) in [5, 5.41) is 2.99. The lowest BCUT2D eigenvalue weighted by Crippen LogP contribution is -2.53. The van der Waals surface area contributed by atoms with Crippen LogP contribution in [-0.2, 0) is 26.2 Å². The Hall–Kier alpha value is -3.65. The quantitative estimate of drug-likeness (QED) is 0.336. The highest BCUT2D eigenvalue weighted by Crippen LogP contribution is 2.26. The molecule has 0 radical (unpaired) electrons. The molecule has 0 bridgehead atoms. The molecule has 8 heteroatoms. The van der Waals surface area contributed by atoms with E-state index in [9.17, 15) is 18.0 Å². The molecule has 39 heavy (non-hydrogen) atoms. The summed E-state index contributed by atoms with van der Waals surface area (Å²) >= 11 is 0. The number of nitrogens with one attached hydrogen (secondary N) is 1. The second kappa shape index (κ2) is 13.4. The Kier molecular flexibility index (Phi) is 10.3. The third-order valence-electron chi connectivity index (χ3n) is 6.97. The second-order valence-corrected chi connectivity index (χ2v) is 11.7. The van der Waals surface area contributed by atoms with Crippen LogP contribution in [0.15, 0.2) is 83.8 Å². The molecule has 0 aromatic heterocycles. The fourth-order valence-electron chi connectivity index (χ4n) is 4.27. The lowest BCUT2D eigenvalue weighted by atomic mass is 10.1. The van der Waals surface area contributed by atoms with Gasteiger partial charge in [-0.2, -0.15) is 0 Å². The highest BCUT2D eigenvalue weighted by molar-refractivity contribution is 7.92. The number of rotatable bonds is 12. The number of hydrogen-bond acceptors (Lipinski definition) is 4. The molecule has 0 aliphatic rings. The Morgan fingerprint density at radius 1 is 0.846 bits per heavy atom. The maximum atomic E-state index is 14.1. The molecule has 2 atom stereocenters. The molecule has 2 amide bonds. The minimum Gasteiger partial charge on any atom is -0.352 e. The van der Waals surface area contributed by atoms with Gasteiger partial charge in [-0.05, 0) is 74.6 Å². The minimum absolute atomic E-state index is 0.0503. The van der Waals surface area contributed by atoms with Crippen LogP contribution in [0.5, 0.6) is 0 Å². The smallest absolute Gasteiger partial charge is 0.264 e. The summed E-state index contributed by atoms with van der Waals surface area (Å²) in [6.45, 7) is 9.34. The second-order valence-electron chi connectivity index (χ2n) is 9.84. The summed E-state index contributed by atoms with van der Waals surface area (Å²) in [6, 6.07) is 22.0. The van der Waals surface area contributed by atoms with Gasteiger partial charge in [0.25, 0.3) is 10.0 Å². The summed E-state index contributed by atoms with van der Waals surface area (Å²) < 4.78 is 28.9. The zero-order chi connectivity index (χ0) is 28.6. The molecule has 3 aromatic rings. The van der Waals surface area contributed by atoms with Gasteiger partial charge in [-0.15, -0.1) is 0 Å². The topological polar surface area (TPSA) is 86.8 Å². The van der Waals surface area contributed by atoms with Crippen LogP contribution in [0.25, 0.3) is 0 Å². The maximum absolute atomic E-state index is 14.1. The fourth-order valence-corrected chi connectivity index (χ4v) is 5.70. The van der Waals surface area contributed by atoms with Crippen LogP contribution >= 0.6 is 0 Å². The molecule has 0 saturated carbocycles. The number of anilines is 1. The SMILES string of the molecule is CCC(C)NC(=O)C(CC)N(Cc1ccccc1)C(=O)CN(c1ccc(C)c(C)c1)S(=O)(=O)c1ccccc1. The molecule has 208 valence electrons. The van der Waals surface area contributed by atoms with Crippen LogP contribution in [0.2, 0.25) is 0 Å². The Balaban J connectivity index is 2.06. The normalized spacial score (nSPS) is 12.8. The highest BCUT2D eigenvalue weighted by Gasteiger charge is 2.34. The summed E-state index contributed by atoms with van der Waals surface area (Å²) in [5.41, 5.74) is 3.17. The number of hydrogen-bond donors (Lipinski definition) is 1. The number of aryl methyl sites for hydroxylation is 2. The predicted octanol–water partition coefficient (Wildman–Crippen LogP) is 5.22. The molecule has 0 saturated heterocycles. The van der Waals surface area contributed by atoms with Crippen molar-refractivity contribution in [3.8, 4) is 0 Å². The lowest BCUT2D eigenvalue weighted by Gasteiger charge is -2.33. The van der Waals surface area contributed by atoms with Crippen LogP contribution in [0.1, 0.15) is 50.3 Å². The Bertz CT molecular complexity index is 1360. The maximum Gasteiger partial charge on any atom is 0.264 e. The van der Waals surface area contributed by atoms with Crippen molar-refractivity contribution >= 4 is 27.5 Å². The molecule has 0 heterocycles. The zero-order valence-corrected chi connectivity index (χ0v) is 24.2. The molecule has 3 aromatic carbocycles. The van der Waals surface area contributed by atoms with E-state index in [1.165, 1.54) is 17.0 Å². The molecule has 7 nitrogen and oxygen atoms in total. The van der Waals surface area contributed by atoms with Crippen LogP contribution in [-0.4, -0.2) is 43.8 Å². The molecule has 3 rings (SSSR count). The van der Waals surface area contributed by atoms with Gasteiger partial charge in [0.15, 0.2) is 0 Å². The monoisotopic (exact) mass is 549 g/mol. The first kappa shape index (κ1) is 29.9. The average molecular weight is 550 g/mol. The van der Waals surface area contributed by atoms with Crippen molar-refractivity contribution < 1.29 is 18.0 Å². The van der Waals surface area contributed by atoms with Crippen molar-refractivity contribution in [2.45, 2.75) is 71.0 Å². The van der Waals surface area contributed by atoms with Crippen LogP contribution in [0, 0.1) is 13.8 Å². The van der Waals surface area contributed by atoms with Crippen LogP contribution in [0.3, 0.4) is 0 Å². The number of sulfonamides is 1. The number of benzene rings is 3. The molecule has 0 aliphatic heterocycles. The van der Waals surface area contributed by atoms with E-state index in [-0.39, 0.29) is 23.4 Å². The molecule has 0 fully saturated rings. The molecule has 2 unspecified atom stereocenters. The van der Waals surface area contributed by atoms with Gasteiger partial charge in [-0.3, -0.25) is 13.9 Å². The first-order valence-electron chi connectivity index (χ1n) is 13.4. The molecular formula is C31H39N3O4S. The Labute approximate surface area is 232 Å². The third-order valence-corrected chi connectivity index (χ3v) is 8.76. The van der Waals surface area contributed by atoms with E-state index in [4.69, 9.17) is 0 Å². The molecule has 0 spiro atoms. The Morgan fingerprint density at radius 3 is 2.03 bits per heavy atom. The summed E-state index contributed by atoms with van der Waals surface area (Å²) in [5.74, 6) is -0.706. The van der Waals surface area contributed by atoms with Crippen LogP contribution < -0.4 is 9.62 Å². The van der Waals surface area contributed by atoms with Gasteiger partial charge in [-0.1, -0.05) is 68.4 Å². The van der Waals surface area contributed by atoms with E-state index in [0.717, 1.165) is 27.4 Å². The largest absolute Gasteiger partial charge is 0.352 e. The summed E-state index contributed by atoms with van der Waals surface area (Å²) in [6.07, 6.45) is 1.14. The van der Waals surface area contributed by atoms with E-state index in [0.29, 0.717) is 12.1 Å². The third kappa shape index (κ3) is 7.47. The number of carbonyl (C=O) groups excluding carboxylic acids is 2. The van der Waals surface area contributed by atoms with E-state index in [1.807, 2.05) is 71.0 Å². The van der Waals surface area contributed by atoms with Crippen molar-refractivity contribution in [1.82, 2.24) is 10.2 Å². The lowest BCUT2D eigenvalue weighted by molar-refractivity contribution is -0.140. The van der Waals surface area contributed by atoms with Crippen molar-refractivity contribution in [3.05, 3.63) is 95.6 Å². The fraction of sp³-hybridized carbons (Fsp3) is 0.355. The van der Waals surface area contributed by atoms with Gasteiger partial charge < -0.3 is 10.2 Å². The molecular weight excluding hydrogens is 510 g/mol. The predicted molar refractivity (Wildman–Crippen MR) is 156 cm³/mol. The van der Waals surface area contributed by atoms with Gasteiger partial charge >= 0.3 is 0 Å². The van der Waals surface area contributed by atoms with Gasteiger partial charge in [0.1, 0.15) is 12.6 Å². The standard InChI is InChI=1S/C31H39N3O4S/c1-6-25(5)32-31(36)29(7-2)33(21-26-14-10-8-11-15-26)30(35)22-34(27-19-18-23(3)24(4)20-27)39(37,38)28-16-12-9-13-17-28/h8-20,25,29H,6-7,21-22H2,1-5H3,(H,32,36). The summed E-state index contributed by atoms with van der Waals surface area (Å²) in [7, 11) is -4.08. The molecule has 0 aliphatic carbocycles. The first-order chi connectivity index (χ1) is 18.6. The van der Waals surface area contributed by atoms with Crippen molar-refractivity contribution in [1.29, 1.82) is 0 Å². The minimum atomic E-state index is -4.08. The van der Waals surface area contributed by atoms with Crippen molar-refractivity contribution in [2.75, 3.05) is 10.8 Å². The van der Waals surface area contributed by atoms with Crippen molar-refractivity contribution in [3.63, 3.8) is 0 Å². The van der Waals surface area contributed by atoms with E-state index in [2.05, 4.69) is 5.32 Å². The highest BCUT2D eigenvalue weighted by atomic mass is 32.2. The Morgan fingerprint density at radius 2 is 1.46 bits per heavy atom. The number of carbonyl (C=O) groups is 2.